The van der Waals surface area contributed by atoms with E-state index in [9.17, 15) is 4.39 Å². The number of hydrogen-bond acceptors (Lipinski definition) is 1. The highest BCUT2D eigenvalue weighted by Gasteiger charge is 2.05. The van der Waals surface area contributed by atoms with E-state index in [1.54, 1.807) is 18.3 Å². The molecule has 0 N–H and O–H groups in total. The maximum atomic E-state index is 13.1. The Bertz CT molecular complexity index is 666. The summed E-state index contributed by atoms with van der Waals surface area (Å²) in [5, 5.41) is 0.916. The Morgan fingerprint density at radius 2 is 2.12 bits per heavy atom. The maximum Gasteiger partial charge on any atom is 0.128 e. The van der Waals surface area contributed by atoms with Crippen molar-refractivity contribution in [2.24, 2.45) is 7.05 Å². The Morgan fingerprint density at radius 1 is 1.24 bits per heavy atom. The second kappa shape index (κ2) is 3.73. The van der Waals surface area contributed by atoms with Crippen LogP contribution in [0.2, 0.25) is 0 Å². The first-order valence-corrected chi connectivity index (χ1v) is 5.44. The van der Waals surface area contributed by atoms with E-state index in [0.717, 1.165) is 16.7 Å². The number of hydrogen-bond donors (Lipinski definition) is 0. The van der Waals surface area contributed by atoms with E-state index in [2.05, 4.69) is 9.55 Å². The van der Waals surface area contributed by atoms with Gasteiger partial charge < -0.3 is 9.13 Å². The molecule has 0 spiro atoms. The topological polar surface area (TPSA) is 22.8 Å². The van der Waals surface area contributed by atoms with Crippen molar-refractivity contribution >= 4 is 10.9 Å². The van der Waals surface area contributed by atoms with Crippen molar-refractivity contribution < 1.29 is 4.39 Å². The van der Waals surface area contributed by atoms with Crippen LogP contribution in [-0.4, -0.2) is 14.1 Å². The lowest BCUT2D eigenvalue weighted by atomic mass is 10.2. The summed E-state index contributed by atoms with van der Waals surface area (Å²) in [5.74, 6) is 0.777. The predicted octanol–water partition coefficient (Wildman–Crippen LogP) is 2.56. The zero-order chi connectivity index (χ0) is 11.8. The quantitative estimate of drug-likeness (QED) is 0.662. The number of aromatic nitrogens is 3. The van der Waals surface area contributed by atoms with E-state index in [-0.39, 0.29) is 5.82 Å². The van der Waals surface area contributed by atoms with Crippen LogP contribution in [0.25, 0.3) is 10.9 Å². The number of aryl methyl sites for hydroxylation is 1. The van der Waals surface area contributed by atoms with Crippen molar-refractivity contribution in [1.29, 1.82) is 0 Å². The van der Waals surface area contributed by atoms with Crippen molar-refractivity contribution in [2.75, 3.05) is 0 Å². The SMILES string of the molecule is Cn1ccnc1Cn1ccc2cc(F)ccc21. The Labute approximate surface area is 98.1 Å². The number of fused-ring (bicyclic) bond motifs is 1. The first kappa shape index (κ1) is 10.1. The normalized spacial score (nSPS) is 11.2. The molecule has 0 aliphatic heterocycles. The van der Waals surface area contributed by atoms with Gasteiger partial charge in [-0.05, 0) is 24.3 Å². The van der Waals surface area contributed by atoms with Crippen molar-refractivity contribution in [3.63, 3.8) is 0 Å². The predicted molar refractivity (Wildman–Crippen MR) is 64.2 cm³/mol. The molecule has 86 valence electrons. The third kappa shape index (κ3) is 1.71. The van der Waals surface area contributed by atoms with Crippen LogP contribution in [0.1, 0.15) is 5.82 Å². The van der Waals surface area contributed by atoms with Gasteiger partial charge in [-0.2, -0.15) is 0 Å². The number of benzene rings is 1. The monoisotopic (exact) mass is 229 g/mol. The Morgan fingerprint density at radius 3 is 2.88 bits per heavy atom. The van der Waals surface area contributed by atoms with Crippen LogP contribution in [0, 0.1) is 5.82 Å². The molecule has 3 nitrogen and oxygen atoms in total. The van der Waals surface area contributed by atoms with Crippen LogP contribution < -0.4 is 0 Å². The molecular formula is C13H12FN3. The first-order chi connectivity index (χ1) is 8.24. The van der Waals surface area contributed by atoms with Crippen molar-refractivity contribution in [2.45, 2.75) is 6.54 Å². The molecule has 0 radical (unpaired) electrons. The van der Waals surface area contributed by atoms with E-state index in [4.69, 9.17) is 0 Å². The van der Waals surface area contributed by atoms with E-state index in [1.807, 2.05) is 30.1 Å². The molecule has 2 heterocycles. The van der Waals surface area contributed by atoms with Crippen molar-refractivity contribution in [3.05, 3.63) is 54.5 Å². The molecule has 17 heavy (non-hydrogen) atoms. The van der Waals surface area contributed by atoms with Gasteiger partial charge in [-0.25, -0.2) is 9.37 Å². The smallest absolute Gasteiger partial charge is 0.128 e. The third-order valence-corrected chi connectivity index (χ3v) is 2.97. The minimum Gasteiger partial charge on any atom is -0.340 e. The molecule has 0 unspecified atom stereocenters. The zero-order valence-corrected chi connectivity index (χ0v) is 9.47. The molecule has 3 rings (SSSR count). The number of rotatable bonds is 2. The van der Waals surface area contributed by atoms with Crippen LogP contribution in [0.15, 0.2) is 42.9 Å². The molecule has 1 aromatic carbocycles. The fourth-order valence-electron chi connectivity index (χ4n) is 2.01. The van der Waals surface area contributed by atoms with Crippen LogP contribution in [0.4, 0.5) is 4.39 Å². The minimum atomic E-state index is -0.202. The maximum absolute atomic E-state index is 13.1. The molecule has 3 aromatic rings. The molecule has 0 bridgehead atoms. The highest BCUT2D eigenvalue weighted by atomic mass is 19.1. The van der Waals surface area contributed by atoms with Gasteiger partial charge in [-0.1, -0.05) is 0 Å². The minimum absolute atomic E-state index is 0.202. The largest absolute Gasteiger partial charge is 0.340 e. The Kier molecular flexibility index (Phi) is 2.21. The lowest BCUT2D eigenvalue weighted by molar-refractivity contribution is 0.629. The molecule has 0 saturated heterocycles. The second-order valence-electron chi connectivity index (χ2n) is 4.10. The second-order valence-corrected chi connectivity index (χ2v) is 4.10. The standard InChI is InChI=1S/C13H12FN3/c1-16-7-5-15-13(16)9-17-6-4-10-8-11(14)2-3-12(10)17/h2-8H,9H2,1H3. The highest BCUT2D eigenvalue weighted by Crippen LogP contribution is 2.17. The van der Waals surface area contributed by atoms with Gasteiger partial charge in [-0.3, -0.25) is 0 Å². The molecular weight excluding hydrogens is 217 g/mol. The number of nitrogens with zero attached hydrogens (tertiary/aromatic N) is 3. The third-order valence-electron chi connectivity index (χ3n) is 2.97. The lowest BCUT2D eigenvalue weighted by Gasteiger charge is -2.05. The van der Waals surface area contributed by atoms with E-state index < -0.39 is 0 Å². The van der Waals surface area contributed by atoms with E-state index >= 15 is 0 Å². The number of imidazole rings is 1. The summed E-state index contributed by atoms with van der Waals surface area (Å²) in [4.78, 5) is 4.28. The van der Waals surface area contributed by atoms with Crippen molar-refractivity contribution in [3.8, 4) is 0 Å². The fraction of sp³-hybridized carbons (Fsp3) is 0.154. The summed E-state index contributed by atoms with van der Waals surface area (Å²) in [6.07, 6.45) is 5.65. The lowest BCUT2D eigenvalue weighted by Crippen LogP contribution is -2.04. The fourth-order valence-corrected chi connectivity index (χ4v) is 2.01. The van der Waals surface area contributed by atoms with Gasteiger partial charge >= 0.3 is 0 Å². The summed E-state index contributed by atoms with van der Waals surface area (Å²) in [5.41, 5.74) is 1.02. The average molecular weight is 229 g/mol. The van der Waals surface area contributed by atoms with Gasteiger partial charge in [0.1, 0.15) is 11.6 Å². The van der Waals surface area contributed by atoms with E-state index in [1.165, 1.54) is 6.07 Å². The summed E-state index contributed by atoms with van der Waals surface area (Å²) in [6, 6.07) is 6.75. The van der Waals surface area contributed by atoms with Crippen LogP contribution in [0.5, 0.6) is 0 Å². The summed E-state index contributed by atoms with van der Waals surface area (Å²) >= 11 is 0. The van der Waals surface area contributed by atoms with Gasteiger partial charge in [0.25, 0.3) is 0 Å². The van der Waals surface area contributed by atoms with Crippen LogP contribution in [-0.2, 0) is 13.6 Å². The molecule has 2 aromatic heterocycles. The van der Waals surface area contributed by atoms with Gasteiger partial charge in [0, 0.05) is 36.5 Å². The number of halogens is 1. The molecule has 0 aliphatic carbocycles. The zero-order valence-electron chi connectivity index (χ0n) is 9.47. The molecule has 0 aliphatic rings. The first-order valence-electron chi connectivity index (χ1n) is 5.44. The summed E-state index contributed by atoms with van der Waals surface area (Å²) in [7, 11) is 1.97. The van der Waals surface area contributed by atoms with Gasteiger partial charge in [0.15, 0.2) is 0 Å². The van der Waals surface area contributed by atoms with E-state index in [0.29, 0.717) is 6.54 Å². The molecule has 0 saturated carbocycles. The molecule has 0 atom stereocenters. The molecule has 4 heteroatoms. The van der Waals surface area contributed by atoms with Gasteiger partial charge in [0.2, 0.25) is 0 Å². The summed E-state index contributed by atoms with van der Waals surface area (Å²) in [6.45, 7) is 0.693. The molecule has 0 fully saturated rings. The molecule has 0 amide bonds. The summed E-state index contributed by atoms with van der Waals surface area (Å²) < 4.78 is 17.1. The average Bonchev–Trinajstić information content (AvgIpc) is 2.87. The van der Waals surface area contributed by atoms with Crippen LogP contribution >= 0.6 is 0 Å². The highest BCUT2D eigenvalue weighted by molar-refractivity contribution is 5.80. The Balaban J connectivity index is 2.04. The van der Waals surface area contributed by atoms with Crippen molar-refractivity contribution in [1.82, 2.24) is 14.1 Å². The Hall–Kier alpha value is -2.10. The van der Waals surface area contributed by atoms with Crippen LogP contribution in [0.3, 0.4) is 0 Å². The van der Waals surface area contributed by atoms with Gasteiger partial charge in [0.05, 0.1) is 6.54 Å². The van der Waals surface area contributed by atoms with Gasteiger partial charge in [-0.15, -0.1) is 0 Å².